The lowest BCUT2D eigenvalue weighted by Crippen LogP contribution is -2.37. The lowest BCUT2D eigenvalue weighted by atomic mass is 10.0. The number of likely N-dealkylation sites (N-methyl/N-ethyl adjacent to an activating group) is 1. The molecule has 0 aromatic heterocycles. The summed E-state index contributed by atoms with van der Waals surface area (Å²) in [6, 6.07) is 0. The first-order valence-electron chi connectivity index (χ1n) is 37.5. The maximum atomic E-state index is 12.9. The molecule has 2 atom stereocenters. The number of hydrogen-bond donors (Lipinski definition) is 0. The fourth-order valence-electron chi connectivity index (χ4n) is 9.77. The summed E-state index contributed by atoms with van der Waals surface area (Å²) in [5.74, 6) is -0.876. The van der Waals surface area contributed by atoms with Crippen molar-refractivity contribution in [3.63, 3.8) is 0 Å². The van der Waals surface area contributed by atoms with Crippen molar-refractivity contribution in [3.05, 3.63) is 182 Å². The van der Waals surface area contributed by atoms with Gasteiger partial charge in [0.15, 0.2) is 6.10 Å². The molecule has 532 valence electrons. The first kappa shape index (κ1) is 89.1. The van der Waals surface area contributed by atoms with Crippen LogP contribution in [0.3, 0.4) is 0 Å². The highest BCUT2D eigenvalue weighted by atomic mass is 31.2. The zero-order chi connectivity index (χ0) is 68.3. The zero-order valence-electron chi connectivity index (χ0n) is 60.6. The van der Waals surface area contributed by atoms with Crippen LogP contribution >= 0.6 is 7.82 Å². The van der Waals surface area contributed by atoms with Crippen LogP contribution in [0.2, 0.25) is 0 Å². The molecule has 10 heteroatoms. The number of phosphoric acid groups is 1. The van der Waals surface area contributed by atoms with Crippen molar-refractivity contribution in [1.29, 1.82) is 0 Å². The van der Waals surface area contributed by atoms with E-state index < -0.39 is 32.5 Å². The van der Waals surface area contributed by atoms with E-state index in [1.807, 2.05) is 21.1 Å². The van der Waals surface area contributed by atoms with E-state index in [4.69, 9.17) is 18.5 Å². The van der Waals surface area contributed by atoms with Crippen molar-refractivity contribution >= 4 is 19.8 Å². The minimum atomic E-state index is -4.67. The van der Waals surface area contributed by atoms with Gasteiger partial charge in [0.25, 0.3) is 7.82 Å². The number of rotatable bonds is 67. The van der Waals surface area contributed by atoms with E-state index in [-0.39, 0.29) is 26.1 Å². The van der Waals surface area contributed by atoms with Crippen LogP contribution in [0.5, 0.6) is 0 Å². The maximum Gasteiger partial charge on any atom is 0.306 e. The second-order valence-electron chi connectivity index (χ2n) is 25.5. The van der Waals surface area contributed by atoms with E-state index in [1.165, 1.54) is 116 Å². The Hall–Kier alpha value is -4.89. The SMILES string of the molecule is CC/C=C\C/C=C\C/C=C\C/C=C\C/C=C\C/C=C\C/C=C\C/C=C\C/C=C\CCCCCC(=O)OC(COC(=O)CCCCCCCCCCCCCCCCCCCCCC/C=C\C/C=C\C/C=C\C/C=C\C/C=C\C/C=C\CC)COP(=O)([O-])OCC[N+](C)(C)C. The molecular formula is C84H138NO8P. The summed E-state index contributed by atoms with van der Waals surface area (Å²) in [5, 5.41) is 0. The van der Waals surface area contributed by atoms with Gasteiger partial charge in [-0.25, -0.2) is 0 Å². The molecule has 0 N–H and O–H groups in total. The number of allylic oxidation sites excluding steroid dienone is 30. The van der Waals surface area contributed by atoms with Crippen molar-refractivity contribution in [2.45, 2.75) is 290 Å². The Morgan fingerprint density at radius 2 is 0.574 bits per heavy atom. The number of nitrogens with zero attached hydrogens (tertiary/aromatic N) is 1. The summed E-state index contributed by atoms with van der Waals surface area (Å²) >= 11 is 0. The van der Waals surface area contributed by atoms with Gasteiger partial charge in [0.2, 0.25) is 0 Å². The number of esters is 2. The molecule has 0 heterocycles. The summed E-state index contributed by atoms with van der Waals surface area (Å²) in [7, 11) is 1.13. The van der Waals surface area contributed by atoms with Gasteiger partial charge in [-0.15, -0.1) is 0 Å². The molecule has 2 unspecified atom stereocenters. The highest BCUT2D eigenvalue weighted by molar-refractivity contribution is 7.45. The Kier molecular flexibility index (Phi) is 68.6. The largest absolute Gasteiger partial charge is 0.756 e. The van der Waals surface area contributed by atoms with Crippen LogP contribution in [0.4, 0.5) is 0 Å². The zero-order valence-corrected chi connectivity index (χ0v) is 61.5. The molecule has 9 nitrogen and oxygen atoms in total. The molecule has 0 radical (unpaired) electrons. The highest BCUT2D eigenvalue weighted by Gasteiger charge is 2.22. The molecule has 0 aromatic carbocycles. The van der Waals surface area contributed by atoms with Crippen LogP contribution in [0.15, 0.2) is 182 Å². The van der Waals surface area contributed by atoms with Crippen molar-refractivity contribution < 1.29 is 42.1 Å². The number of hydrogen-bond acceptors (Lipinski definition) is 8. The average molecular weight is 1320 g/mol. The van der Waals surface area contributed by atoms with Gasteiger partial charge in [0.05, 0.1) is 27.7 Å². The number of ether oxygens (including phenoxy) is 2. The van der Waals surface area contributed by atoms with E-state index in [0.29, 0.717) is 17.4 Å². The molecule has 0 rings (SSSR count). The van der Waals surface area contributed by atoms with E-state index in [1.54, 1.807) is 0 Å². The molecule has 0 amide bonds. The molecule has 0 bridgehead atoms. The Morgan fingerprint density at radius 3 is 0.862 bits per heavy atom. The molecule has 94 heavy (non-hydrogen) atoms. The maximum absolute atomic E-state index is 12.9. The van der Waals surface area contributed by atoms with E-state index in [9.17, 15) is 19.0 Å². The van der Waals surface area contributed by atoms with Gasteiger partial charge >= 0.3 is 11.9 Å². The van der Waals surface area contributed by atoms with Crippen LogP contribution in [0, 0.1) is 0 Å². The van der Waals surface area contributed by atoms with Crippen molar-refractivity contribution in [2.75, 3.05) is 47.5 Å². The predicted octanol–water partition coefficient (Wildman–Crippen LogP) is 24.4. The first-order chi connectivity index (χ1) is 46.0. The molecule has 0 fully saturated rings. The van der Waals surface area contributed by atoms with E-state index >= 15 is 0 Å². The number of quaternary nitrogens is 1. The minimum absolute atomic E-state index is 0.0458. The minimum Gasteiger partial charge on any atom is -0.756 e. The predicted molar refractivity (Wildman–Crippen MR) is 406 cm³/mol. The third kappa shape index (κ3) is 76.1. The van der Waals surface area contributed by atoms with Gasteiger partial charge in [0.1, 0.15) is 19.8 Å². The van der Waals surface area contributed by atoms with Crippen LogP contribution in [-0.2, 0) is 32.7 Å². The van der Waals surface area contributed by atoms with Crippen LogP contribution < -0.4 is 4.89 Å². The second kappa shape index (κ2) is 72.4. The molecule has 0 aromatic rings. The van der Waals surface area contributed by atoms with Gasteiger partial charge in [-0.1, -0.05) is 318 Å². The number of carbonyl (C=O) groups is 2. The van der Waals surface area contributed by atoms with Crippen molar-refractivity contribution in [3.8, 4) is 0 Å². The molecule has 0 aliphatic rings. The first-order valence-corrected chi connectivity index (χ1v) is 39.0. The third-order valence-corrected chi connectivity index (χ3v) is 16.4. The monoisotopic (exact) mass is 1320 g/mol. The van der Waals surface area contributed by atoms with Gasteiger partial charge in [-0.05, 0) is 135 Å². The molecule has 0 saturated heterocycles. The summed E-state index contributed by atoms with van der Waals surface area (Å²) in [5.41, 5.74) is 0. The lowest BCUT2D eigenvalue weighted by Gasteiger charge is -2.28. The summed E-state index contributed by atoms with van der Waals surface area (Å²) < 4.78 is 34.3. The smallest absolute Gasteiger partial charge is 0.306 e. The van der Waals surface area contributed by atoms with Crippen LogP contribution in [-0.4, -0.2) is 70.0 Å². The van der Waals surface area contributed by atoms with Crippen LogP contribution in [0.1, 0.15) is 284 Å². The van der Waals surface area contributed by atoms with Gasteiger partial charge in [-0.3, -0.25) is 14.2 Å². The van der Waals surface area contributed by atoms with Crippen molar-refractivity contribution in [1.82, 2.24) is 0 Å². The fraction of sp³-hybridized carbons (Fsp3) is 0.619. The lowest BCUT2D eigenvalue weighted by molar-refractivity contribution is -0.870. The summed E-state index contributed by atoms with van der Waals surface area (Å²) in [4.78, 5) is 38.1. The third-order valence-electron chi connectivity index (χ3n) is 15.4. The Bertz CT molecular complexity index is 2240. The van der Waals surface area contributed by atoms with E-state index in [2.05, 4.69) is 196 Å². The Labute approximate surface area is 578 Å². The standard InChI is InChI=1S/C84H138NO8P/c1-6-8-10-12-14-16-18-20-22-24-26-28-30-32-34-36-38-39-40-41-42-43-44-45-47-48-50-52-54-56-58-60-62-64-66-68-70-72-74-76-83(86)90-80-82(81-92-94(88,89)91-79-78-85(3,4)5)93-84(87)77-75-73-71-69-67-65-63-61-59-57-55-53-51-49-46-37-35-33-31-29-27-25-23-21-19-17-15-13-11-9-7-2/h8-11,14-17,20-23,26-29,32-35,38-39,46,49,53,55,59,61,65,67,82H,6-7,12-13,18-19,24-25,30-31,36-37,40-45,47-48,50-52,54,56-58,60,62-64,66,68-81H2,1-5H3/b10-8-,11-9-,16-14-,17-15-,22-20-,23-21-,28-26-,29-27-,34-32-,35-33-,39-38-,49-46-,55-53-,61-59-,67-65-. The average Bonchev–Trinajstić information content (AvgIpc) is 1.66. The topological polar surface area (TPSA) is 111 Å². The van der Waals surface area contributed by atoms with Crippen molar-refractivity contribution in [2.24, 2.45) is 0 Å². The highest BCUT2D eigenvalue weighted by Crippen LogP contribution is 2.38. The molecule has 0 spiro atoms. The summed E-state index contributed by atoms with van der Waals surface area (Å²) in [6.07, 6.45) is 111. The van der Waals surface area contributed by atoms with E-state index in [0.717, 1.165) is 135 Å². The van der Waals surface area contributed by atoms with Gasteiger partial charge in [-0.2, -0.15) is 0 Å². The Morgan fingerprint density at radius 1 is 0.330 bits per heavy atom. The van der Waals surface area contributed by atoms with Crippen LogP contribution in [0.25, 0.3) is 0 Å². The normalized spacial score (nSPS) is 14.1. The molecule has 0 saturated carbocycles. The number of phosphoric ester groups is 1. The molecule has 0 aliphatic heterocycles. The van der Waals surface area contributed by atoms with Gasteiger partial charge < -0.3 is 27.9 Å². The second-order valence-corrected chi connectivity index (χ2v) is 27.0. The fourth-order valence-corrected chi connectivity index (χ4v) is 10.5. The number of carbonyl (C=O) groups excluding carboxylic acids is 2. The van der Waals surface area contributed by atoms with Gasteiger partial charge in [0, 0.05) is 12.8 Å². The summed E-state index contributed by atoms with van der Waals surface area (Å²) in [6.45, 7) is 3.97. The quantitative estimate of drug-likeness (QED) is 0.0195. The molecule has 0 aliphatic carbocycles. The molecular weight excluding hydrogens is 1180 g/mol. The number of unbranched alkanes of at least 4 members (excludes halogenated alkanes) is 23. The Balaban J connectivity index is 4.08.